The summed E-state index contributed by atoms with van der Waals surface area (Å²) in [6.07, 6.45) is -4.71. The first-order valence-electron chi connectivity index (χ1n) is 16.6. The highest BCUT2D eigenvalue weighted by Gasteiger charge is 2.67. The number of benzene rings is 5. The highest BCUT2D eigenvalue weighted by molar-refractivity contribution is 5.80. The first kappa shape index (κ1) is 37.1. The summed E-state index contributed by atoms with van der Waals surface area (Å²) in [5.74, 6) is -3.76. The molecule has 0 unspecified atom stereocenters. The van der Waals surface area contributed by atoms with Crippen molar-refractivity contribution < 1.29 is 40.6 Å². The number of para-hydroxylation sites is 1. The van der Waals surface area contributed by atoms with Gasteiger partial charge in [0.05, 0.1) is 25.5 Å². The molecule has 0 aromatic heterocycles. The van der Waals surface area contributed by atoms with Crippen molar-refractivity contribution in [2.75, 3.05) is 19.5 Å². The van der Waals surface area contributed by atoms with Crippen LogP contribution < -0.4 is 20.1 Å². The fourth-order valence-corrected chi connectivity index (χ4v) is 6.68. The third-order valence-electron chi connectivity index (χ3n) is 9.59. The van der Waals surface area contributed by atoms with Crippen LogP contribution in [0.25, 0.3) is 0 Å². The van der Waals surface area contributed by atoms with Crippen LogP contribution in [0.15, 0.2) is 126 Å². The minimum atomic E-state index is -4.71. The van der Waals surface area contributed by atoms with Crippen molar-refractivity contribution in [3.05, 3.63) is 155 Å². The molecule has 2 N–H and O–H groups in total. The van der Waals surface area contributed by atoms with E-state index in [1.807, 2.05) is 54.6 Å². The molecular formula is C41H37F6N3O3. The van der Waals surface area contributed by atoms with Crippen LogP contribution >= 0.6 is 0 Å². The normalized spacial score (nSPS) is 18.0. The molecule has 0 aliphatic carbocycles. The standard InChI is InChI=1S/C41H37F6N3O3/c1-37(2)41(46,47)38(3,33-25-29(19-24-34(33)42)48-35-14-10-9-13-32(35)40(43,44)45)53-36(49-37)50-39(26-11-7-6-8-12-26,27-15-20-30(51-4)21-16-27)28-17-22-31(52-5)23-18-28/h6-25,48H,1-5H3,(H,49,50)/t38-/m1/s1. The second-order valence-corrected chi connectivity index (χ2v) is 13.2. The van der Waals surface area contributed by atoms with Crippen LogP contribution in [0.3, 0.4) is 0 Å². The molecule has 6 rings (SSSR count). The molecule has 1 atom stereocenters. The number of methoxy groups -OCH3 is 2. The largest absolute Gasteiger partial charge is 0.497 e. The van der Waals surface area contributed by atoms with E-state index >= 15 is 13.2 Å². The van der Waals surface area contributed by atoms with Crippen molar-refractivity contribution in [2.24, 2.45) is 4.99 Å². The molecule has 1 aliphatic rings. The first-order chi connectivity index (χ1) is 25.1. The summed E-state index contributed by atoms with van der Waals surface area (Å²) in [4.78, 5) is 4.40. The summed E-state index contributed by atoms with van der Waals surface area (Å²) in [7, 11) is 3.07. The molecule has 1 aliphatic heterocycles. The van der Waals surface area contributed by atoms with Crippen LogP contribution in [-0.4, -0.2) is 31.7 Å². The van der Waals surface area contributed by atoms with Crippen LogP contribution in [0.2, 0.25) is 0 Å². The minimum Gasteiger partial charge on any atom is -0.497 e. The molecule has 0 spiro atoms. The van der Waals surface area contributed by atoms with Crippen molar-refractivity contribution in [3.63, 3.8) is 0 Å². The van der Waals surface area contributed by atoms with Gasteiger partial charge in [0, 0.05) is 11.3 Å². The third kappa shape index (κ3) is 6.62. The van der Waals surface area contributed by atoms with Gasteiger partial charge in [0.2, 0.25) is 5.60 Å². The number of rotatable bonds is 9. The molecule has 5 aromatic rings. The van der Waals surface area contributed by atoms with Gasteiger partial charge in [0.15, 0.2) is 0 Å². The van der Waals surface area contributed by atoms with Gasteiger partial charge in [-0.3, -0.25) is 0 Å². The van der Waals surface area contributed by atoms with Gasteiger partial charge in [-0.1, -0.05) is 66.7 Å². The van der Waals surface area contributed by atoms with Gasteiger partial charge in [-0.25, -0.2) is 9.38 Å². The molecule has 12 heteroatoms. The average molecular weight is 734 g/mol. The summed E-state index contributed by atoms with van der Waals surface area (Å²) in [5.41, 5.74) is -6.26. The molecule has 6 nitrogen and oxygen atoms in total. The molecule has 1 heterocycles. The van der Waals surface area contributed by atoms with Crippen LogP contribution in [0, 0.1) is 5.82 Å². The minimum absolute atomic E-state index is 0.0661. The lowest BCUT2D eigenvalue weighted by Crippen LogP contribution is -2.64. The Morgan fingerprint density at radius 2 is 1.21 bits per heavy atom. The lowest BCUT2D eigenvalue weighted by Gasteiger charge is -2.49. The summed E-state index contributed by atoms with van der Waals surface area (Å²) in [5, 5.41) is 5.99. The van der Waals surface area contributed by atoms with Gasteiger partial charge in [0.25, 0.3) is 6.02 Å². The molecular weight excluding hydrogens is 696 g/mol. The Hall–Kier alpha value is -5.65. The second-order valence-electron chi connectivity index (χ2n) is 13.2. The van der Waals surface area contributed by atoms with Crippen molar-refractivity contribution in [1.82, 2.24) is 5.32 Å². The Bertz CT molecular complexity index is 2060. The molecule has 0 radical (unpaired) electrons. The zero-order chi connectivity index (χ0) is 38.2. The predicted octanol–water partition coefficient (Wildman–Crippen LogP) is 10.2. The zero-order valence-corrected chi connectivity index (χ0v) is 29.5. The van der Waals surface area contributed by atoms with Gasteiger partial charge in [-0.2, -0.15) is 22.0 Å². The van der Waals surface area contributed by atoms with Crippen LogP contribution in [0.5, 0.6) is 11.5 Å². The summed E-state index contributed by atoms with van der Waals surface area (Å²) < 4.78 is 108. The van der Waals surface area contributed by atoms with Gasteiger partial charge < -0.3 is 24.8 Å². The maximum atomic E-state index is 16.8. The Morgan fingerprint density at radius 1 is 0.679 bits per heavy atom. The number of ether oxygens (including phenoxy) is 3. The summed E-state index contributed by atoms with van der Waals surface area (Å²) in [6, 6.07) is 31.0. The maximum Gasteiger partial charge on any atom is 0.418 e. The van der Waals surface area contributed by atoms with Crippen LogP contribution in [-0.2, 0) is 22.1 Å². The molecule has 5 aromatic carbocycles. The average Bonchev–Trinajstić information content (AvgIpc) is 3.14. The number of hydrogen-bond donors (Lipinski definition) is 2. The Labute approximate surface area is 303 Å². The quantitative estimate of drug-likeness (QED) is 0.117. The van der Waals surface area contributed by atoms with Crippen molar-refractivity contribution >= 4 is 17.4 Å². The zero-order valence-electron chi connectivity index (χ0n) is 29.5. The van der Waals surface area contributed by atoms with E-state index in [4.69, 9.17) is 14.2 Å². The van der Waals surface area contributed by atoms with E-state index in [0.717, 1.165) is 25.1 Å². The molecule has 0 saturated heterocycles. The van der Waals surface area contributed by atoms with E-state index < -0.39 is 45.7 Å². The van der Waals surface area contributed by atoms with Gasteiger partial charge >= 0.3 is 12.1 Å². The van der Waals surface area contributed by atoms with Gasteiger partial charge in [0.1, 0.15) is 28.4 Å². The smallest absolute Gasteiger partial charge is 0.418 e. The summed E-state index contributed by atoms with van der Waals surface area (Å²) >= 11 is 0. The van der Waals surface area contributed by atoms with Crippen molar-refractivity contribution in [2.45, 2.75) is 49.5 Å². The fourth-order valence-electron chi connectivity index (χ4n) is 6.68. The predicted molar refractivity (Wildman–Crippen MR) is 191 cm³/mol. The van der Waals surface area contributed by atoms with Crippen molar-refractivity contribution in [1.29, 1.82) is 0 Å². The number of nitrogens with zero attached hydrogens (tertiary/aromatic N) is 1. The number of hydrogen-bond acceptors (Lipinski definition) is 6. The lowest BCUT2D eigenvalue weighted by molar-refractivity contribution is -0.217. The highest BCUT2D eigenvalue weighted by atomic mass is 19.4. The number of alkyl halides is 5. The van der Waals surface area contributed by atoms with E-state index in [1.165, 1.54) is 52.3 Å². The third-order valence-corrected chi connectivity index (χ3v) is 9.59. The molecule has 276 valence electrons. The fraction of sp³-hybridized carbons (Fsp3) is 0.244. The molecule has 0 bridgehead atoms. The number of halogens is 6. The number of aliphatic imine (C=N–C) groups is 1. The Balaban J connectivity index is 1.51. The lowest BCUT2D eigenvalue weighted by atomic mass is 9.76. The monoisotopic (exact) mass is 733 g/mol. The molecule has 0 fully saturated rings. The van der Waals surface area contributed by atoms with Gasteiger partial charge in [-0.05, 0) is 92.1 Å². The van der Waals surface area contributed by atoms with E-state index in [2.05, 4.69) is 15.6 Å². The Morgan fingerprint density at radius 3 is 1.75 bits per heavy atom. The van der Waals surface area contributed by atoms with Gasteiger partial charge in [-0.15, -0.1) is 0 Å². The number of anilines is 2. The molecule has 0 saturated carbocycles. The highest BCUT2D eigenvalue weighted by Crippen LogP contribution is 2.53. The topological polar surface area (TPSA) is 64.1 Å². The number of amidine groups is 1. The molecule has 0 amide bonds. The Kier molecular flexibility index (Phi) is 9.61. The first-order valence-corrected chi connectivity index (χ1v) is 16.6. The maximum absolute atomic E-state index is 16.8. The van der Waals surface area contributed by atoms with Crippen molar-refractivity contribution in [3.8, 4) is 11.5 Å². The molecule has 53 heavy (non-hydrogen) atoms. The van der Waals surface area contributed by atoms with Crippen LogP contribution in [0.4, 0.5) is 37.7 Å². The van der Waals surface area contributed by atoms with E-state index in [0.29, 0.717) is 28.2 Å². The number of nitrogens with one attached hydrogen (secondary N) is 2. The van der Waals surface area contributed by atoms with Crippen LogP contribution in [0.1, 0.15) is 48.6 Å². The van der Waals surface area contributed by atoms with E-state index in [1.54, 1.807) is 24.3 Å². The second kappa shape index (κ2) is 13.7. The van der Waals surface area contributed by atoms with E-state index in [-0.39, 0.29) is 17.4 Å². The van der Waals surface area contributed by atoms with E-state index in [9.17, 15) is 13.2 Å². The SMILES string of the molecule is COc1ccc(C(NC2=NC(C)(C)C(F)(F)[C@@](C)(c3cc(Nc4ccccc4C(F)(F)F)ccc3F)O2)(c2ccccc2)c2ccc(OC)cc2)cc1. The summed E-state index contributed by atoms with van der Waals surface area (Å²) in [6.45, 7) is 3.46.